The van der Waals surface area contributed by atoms with Gasteiger partial charge in [0.2, 0.25) is 0 Å². The highest BCUT2D eigenvalue weighted by Crippen LogP contribution is 2.24. The summed E-state index contributed by atoms with van der Waals surface area (Å²) in [6.45, 7) is 2.78. The molecule has 0 saturated heterocycles. The third-order valence-corrected chi connectivity index (χ3v) is 3.96. The summed E-state index contributed by atoms with van der Waals surface area (Å²) in [5.74, 6) is 0.717. The first-order valence-electron chi connectivity index (χ1n) is 6.77. The Balaban J connectivity index is 1.88. The van der Waals surface area contributed by atoms with E-state index in [0.717, 1.165) is 26.1 Å². The normalized spacial score (nSPS) is 15.9. The van der Waals surface area contributed by atoms with Crippen molar-refractivity contribution in [3.63, 3.8) is 0 Å². The van der Waals surface area contributed by atoms with E-state index in [2.05, 4.69) is 4.90 Å². The maximum atomic E-state index is 11.6. The molecule has 1 aromatic heterocycles. The fourth-order valence-electron chi connectivity index (χ4n) is 2.37. The van der Waals surface area contributed by atoms with Crippen LogP contribution in [0.5, 0.6) is 0 Å². The smallest absolute Gasteiger partial charge is 0.250 e. The average molecular weight is 269 g/mol. The summed E-state index contributed by atoms with van der Waals surface area (Å²) >= 11 is 5.77. The standard InChI is InChI=1S/C14H21ClN2O/c15-8-4-10-16(13-5-3-6-13)11-12-17-9-2-1-7-14(17)18/h1-2,7,9,13H,3-6,8,10-12H2. The van der Waals surface area contributed by atoms with Crippen LogP contribution < -0.4 is 5.56 Å². The monoisotopic (exact) mass is 268 g/mol. The summed E-state index contributed by atoms with van der Waals surface area (Å²) < 4.78 is 1.78. The number of hydrogen-bond acceptors (Lipinski definition) is 2. The second kappa shape index (κ2) is 6.95. The number of rotatable bonds is 7. The Kier molecular flexibility index (Phi) is 5.26. The zero-order valence-corrected chi connectivity index (χ0v) is 11.5. The third kappa shape index (κ3) is 3.59. The van der Waals surface area contributed by atoms with Gasteiger partial charge in [0.15, 0.2) is 0 Å². The molecule has 0 atom stereocenters. The summed E-state index contributed by atoms with van der Waals surface area (Å²) in [4.78, 5) is 14.1. The van der Waals surface area contributed by atoms with E-state index in [0.29, 0.717) is 11.9 Å². The Labute approximate surface area is 113 Å². The molecule has 18 heavy (non-hydrogen) atoms. The van der Waals surface area contributed by atoms with E-state index < -0.39 is 0 Å². The molecule has 1 aliphatic rings. The van der Waals surface area contributed by atoms with Gasteiger partial charge in [0.25, 0.3) is 5.56 Å². The van der Waals surface area contributed by atoms with Crippen molar-refractivity contribution in [1.82, 2.24) is 9.47 Å². The highest BCUT2D eigenvalue weighted by Gasteiger charge is 2.24. The minimum Gasteiger partial charge on any atom is -0.314 e. The van der Waals surface area contributed by atoms with Gasteiger partial charge in [-0.2, -0.15) is 0 Å². The largest absolute Gasteiger partial charge is 0.314 e. The first-order chi connectivity index (χ1) is 8.81. The molecule has 0 unspecified atom stereocenters. The first kappa shape index (κ1) is 13.6. The molecular weight excluding hydrogens is 248 g/mol. The van der Waals surface area contributed by atoms with Crippen LogP contribution >= 0.6 is 11.6 Å². The van der Waals surface area contributed by atoms with Gasteiger partial charge in [-0.1, -0.05) is 12.5 Å². The molecule has 0 aliphatic heterocycles. The number of alkyl halides is 1. The van der Waals surface area contributed by atoms with Crippen LogP contribution in [0, 0.1) is 0 Å². The Morgan fingerprint density at radius 1 is 1.33 bits per heavy atom. The molecule has 4 heteroatoms. The van der Waals surface area contributed by atoms with E-state index in [1.165, 1.54) is 19.3 Å². The van der Waals surface area contributed by atoms with Crippen molar-refractivity contribution >= 4 is 11.6 Å². The minimum absolute atomic E-state index is 0.0865. The Morgan fingerprint density at radius 3 is 2.78 bits per heavy atom. The average Bonchev–Trinajstić information content (AvgIpc) is 2.32. The Morgan fingerprint density at radius 2 is 2.17 bits per heavy atom. The maximum Gasteiger partial charge on any atom is 0.250 e. The summed E-state index contributed by atoms with van der Waals surface area (Å²) in [6, 6.07) is 6.03. The van der Waals surface area contributed by atoms with Crippen LogP contribution in [0.1, 0.15) is 25.7 Å². The maximum absolute atomic E-state index is 11.6. The minimum atomic E-state index is 0.0865. The van der Waals surface area contributed by atoms with Gasteiger partial charge in [-0.15, -0.1) is 11.6 Å². The molecular formula is C14H21ClN2O. The number of nitrogens with zero attached hydrogens (tertiary/aromatic N) is 2. The van der Waals surface area contributed by atoms with E-state index >= 15 is 0 Å². The van der Waals surface area contributed by atoms with Gasteiger partial charge in [0, 0.05) is 37.3 Å². The van der Waals surface area contributed by atoms with Crippen LogP contribution in [0.25, 0.3) is 0 Å². The number of hydrogen-bond donors (Lipinski definition) is 0. The molecule has 0 spiro atoms. The van der Waals surface area contributed by atoms with Gasteiger partial charge in [-0.25, -0.2) is 0 Å². The van der Waals surface area contributed by atoms with Crippen molar-refractivity contribution in [2.45, 2.75) is 38.3 Å². The van der Waals surface area contributed by atoms with Crippen molar-refractivity contribution in [3.8, 4) is 0 Å². The molecule has 100 valence electrons. The molecule has 1 aliphatic carbocycles. The van der Waals surface area contributed by atoms with Crippen molar-refractivity contribution in [2.75, 3.05) is 19.0 Å². The van der Waals surface area contributed by atoms with Crippen LogP contribution in [0.15, 0.2) is 29.2 Å². The lowest BCUT2D eigenvalue weighted by Crippen LogP contribution is -2.43. The third-order valence-electron chi connectivity index (χ3n) is 3.70. The summed E-state index contributed by atoms with van der Waals surface area (Å²) in [6.07, 6.45) is 6.83. The molecule has 1 fully saturated rings. The van der Waals surface area contributed by atoms with Gasteiger partial charge in [-0.3, -0.25) is 9.69 Å². The first-order valence-corrected chi connectivity index (χ1v) is 7.30. The zero-order valence-electron chi connectivity index (χ0n) is 10.7. The van der Waals surface area contributed by atoms with Crippen molar-refractivity contribution in [2.24, 2.45) is 0 Å². The fourth-order valence-corrected chi connectivity index (χ4v) is 2.49. The molecule has 1 heterocycles. The predicted molar refractivity (Wildman–Crippen MR) is 75.3 cm³/mol. The van der Waals surface area contributed by atoms with Crippen LogP contribution in [0.2, 0.25) is 0 Å². The van der Waals surface area contributed by atoms with Crippen LogP contribution in [-0.4, -0.2) is 34.5 Å². The number of aromatic nitrogens is 1. The van der Waals surface area contributed by atoms with E-state index in [1.807, 2.05) is 12.3 Å². The lowest BCUT2D eigenvalue weighted by molar-refractivity contribution is 0.122. The molecule has 1 saturated carbocycles. The Hall–Kier alpha value is -0.800. The quantitative estimate of drug-likeness (QED) is 0.709. The molecule has 2 rings (SSSR count). The highest BCUT2D eigenvalue weighted by atomic mass is 35.5. The predicted octanol–water partition coefficient (Wildman–Crippen LogP) is 2.33. The molecule has 0 N–H and O–H groups in total. The lowest BCUT2D eigenvalue weighted by atomic mass is 9.91. The van der Waals surface area contributed by atoms with Gasteiger partial charge in [-0.05, 0) is 31.9 Å². The Bertz CT molecular complexity index is 414. The van der Waals surface area contributed by atoms with Gasteiger partial charge >= 0.3 is 0 Å². The van der Waals surface area contributed by atoms with Gasteiger partial charge < -0.3 is 4.57 Å². The summed E-state index contributed by atoms with van der Waals surface area (Å²) in [5, 5.41) is 0. The van der Waals surface area contributed by atoms with Gasteiger partial charge in [0.05, 0.1) is 0 Å². The van der Waals surface area contributed by atoms with E-state index in [-0.39, 0.29) is 5.56 Å². The molecule has 0 bridgehead atoms. The second-order valence-corrected chi connectivity index (χ2v) is 5.27. The number of pyridine rings is 1. The molecule has 1 aromatic rings. The van der Waals surface area contributed by atoms with Crippen molar-refractivity contribution in [1.29, 1.82) is 0 Å². The number of halogens is 1. The molecule has 0 radical (unpaired) electrons. The van der Waals surface area contributed by atoms with Crippen LogP contribution in [-0.2, 0) is 6.54 Å². The van der Waals surface area contributed by atoms with E-state index in [9.17, 15) is 4.79 Å². The molecule has 0 aromatic carbocycles. The van der Waals surface area contributed by atoms with E-state index in [4.69, 9.17) is 11.6 Å². The lowest BCUT2D eigenvalue weighted by Gasteiger charge is -2.37. The second-order valence-electron chi connectivity index (χ2n) is 4.90. The fraction of sp³-hybridized carbons (Fsp3) is 0.643. The van der Waals surface area contributed by atoms with Crippen molar-refractivity contribution < 1.29 is 0 Å². The summed E-state index contributed by atoms with van der Waals surface area (Å²) in [5.41, 5.74) is 0.0865. The van der Waals surface area contributed by atoms with E-state index in [1.54, 1.807) is 16.7 Å². The highest BCUT2D eigenvalue weighted by molar-refractivity contribution is 6.17. The SMILES string of the molecule is O=c1ccccn1CCN(CCCCl)C1CCC1. The molecule has 3 nitrogen and oxygen atoms in total. The zero-order chi connectivity index (χ0) is 12.8. The summed E-state index contributed by atoms with van der Waals surface area (Å²) in [7, 11) is 0. The van der Waals surface area contributed by atoms with Crippen LogP contribution in [0.4, 0.5) is 0 Å². The van der Waals surface area contributed by atoms with Gasteiger partial charge in [0.1, 0.15) is 0 Å². The topological polar surface area (TPSA) is 25.2 Å². The van der Waals surface area contributed by atoms with Crippen LogP contribution in [0.3, 0.4) is 0 Å². The van der Waals surface area contributed by atoms with Crippen molar-refractivity contribution in [3.05, 3.63) is 34.7 Å². The molecule has 0 amide bonds.